The fourth-order valence-corrected chi connectivity index (χ4v) is 2.14. The molecular formula is C14H12FN3O3. The van der Waals surface area contributed by atoms with Crippen LogP contribution in [0.5, 0.6) is 0 Å². The number of imide groups is 2. The lowest BCUT2D eigenvalue weighted by molar-refractivity contribution is -0.134. The Morgan fingerprint density at radius 2 is 2.10 bits per heavy atom. The Balaban J connectivity index is 2.42. The van der Waals surface area contributed by atoms with Crippen LogP contribution in [0.25, 0.3) is 0 Å². The maximum absolute atomic E-state index is 13.3. The average Bonchev–Trinajstić information content (AvgIpc) is 2.45. The molecule has 1 aliphatic rings. The Bertz CT molecular complexity index is 666. The van der Waals surface area contributed by atoms with Crippen molar-refractivity contribution in [1.29, 1.82) is 5.26 Å². The van der Waals surface area contributed by atoms with E-state index in [0.717, 1.165) is 17.0 Å². The number of nitrogens with one attached hydrogen (secondary N) is 1. The summed E-state index contributed by atoms with van der Waals surface area (Å²) in [5.74, 6) is -3.00. The first-order valence-corrected chi connectivity index (χ1v) is 6.38. The minimum atomic E-state index is -0.955. The predicted molar refractivity (Wildman–Crippen MR) is 70.5 cm³/mol. The topological polar surface area (TPSA) is 90.3 Å². The fraction of sp³-hybridized carbons (Fsp3) is 0.286. The highest BCUT2D eigenvalue weighted by molar-refractivity contribution is 6.27. The molecule has 0 aromatic heterocycles. The molecule has 1 heterocycles. The molecule has 0 bridgehead atoms. The highest BCUT2D eigenvalue weighted by atomic mass is 19.1. The minimum Gasteiger partial charge on any atom is -0.277 e. The molecule has 1 aromatic rings. The van der Waals surface area contributed by atoms with E-state index in [0.29, 0.717) is 12.8 Å². The molecule has 6 nitrogen and oxygen atoms in total. The summed E-state index contributed by atoms with van der Waals surface area (Å²) in [6, 6.07) is 4.06. The average molecular weight is 289 g/mol. The minimum absolute atomic E-state index is 0.0593. The van der Waals surface area contributed by atoms with E-state index in [1.807, 2.05) is 6.92 Å². The molecule has 108 valence electrons. The quantitative estimate of drug-likeness (QED) is 0.857. The molecule has 7 heteroatoms. The molecule has 0 radical (unpaired) electrons. The number of anilines is 1. The molecule has 1 saturated heterocycles. The number of hydrogen-bond donors (Lipinski definition) is 1. The number of benzene rings is 1. The zero-order valence-corrected chi connectivity index (χ0v) is 11.2. The van der Waals surface area contributed by atoms with Gasteiger partial charge >= 0.3 is 6.03 Å². The summed E-state index contributed by atoms with van der Waals surface area (Å²) < 4.78 is 13.3. The number of rotatable bonds is 3. The molecule has 0 saturated carbocycles. The van der Waals surface area contributed by atoms with E-state index in [1.165, 1.54) is 6.07 Å². The summed E-state index contributed by atoms with van der Waals surface area (Å²) in [5.41, 5.74) is -0.221. The first kappa shape index (κ1) is 14.7. The molecule has 0 spiro atoms. The van der Waals surface area contributed by atoms with E-state index in [1.54, 1.807) is 6.07 Å². The van der Waals surface area contributed by atoms with Crippen molar-refractivity contribution in [3.8, 4) is 6.07 Å². The smallest absolute Gasteiger partial charge is 0.277 e. The summed E-state index contributed by atoms with van der Waals surface area (Å²) >= 11 is 0. The lowest BCUT2D eigenvalue weighted by Gasteiger charge is -2.30. The number of urea groups is 1. The van der Waals surface area contributed by atoms with Gasteiger partial charge in [-0.05, 0) is 24.6 Å². The summed E-state index contributed by atoms with van der Waals surface area (Å²) in [6.07, 6.45) is 0.902. The van der Waals surface area contributed by atoms with Crippen molar-refractivity contribution >= 4 is 23.5 Å². The van der Waals surface area contributed by atoms with Crippen LogP contribution in [-0.4, -0.2) is 17.8 Å². The number of barbiturate groups is 1. The summed E-state index contributed by atoms with van der Waals surface area (Å²) in [6.45, 7) is 1.81. The number of nitrogens with zero attached hydrogens (tertiary/aromatic N) is 2. The van der Waals surface area contributed by atoms with Crippen molar-refractivity contribution in [2.24, 2.45) is 5.92 Å². The summed E-state index contributed by atoms with van der Waals surface area (Å²) in [5, 5.41) is 10.9. The van der Waals surface area contributed by atoms with Gasteiger partial charge in [-0.1, -0.05) is 13.3 Å². The lowest BCUT2D eigenvalue weighted by Crippen LogP contribution is -2.58. The van der Waals surface area contributed by atoms with Crippen molar-refractivity contribution in [3.05, 3.63) is 29.6 Å². The molecule has 1 aliphatic heterocycles. The van der Waals surface area contributed by atoms with Crippen LogP contribution in [0.1, 0.15) is 25.3 Å². The molecule has 0 aliphatic carbocycles. The summed E-state index contributed by atoms with van der Waals surface area (Å²) in [7, 11) is 0. The van der Waals surface area contributed by atoms with E-state index in [9.17, 15) is 18.8 Å². The van der Waals surface area contributed by atoms with Gasteiger partial charge in [0.25, 0.3) is 0 Å². The Kier molecular flexibility index (Phi) is 3.98. The molecule has 1 aromatic carbocycles. The molecule has 4 amide bonds. The Morgan fingerprint density at radius 3 is 2.71 bits per heavy atom. The summed E-state index contributed by atoms with van der Waals surface area (Å²) in [4.78, 5) is 36.6. The molecule has 1 fully saturated rings. The van der Waals surface area contributed by atoms with Gasteiger partial charge in [0, 0.05) is 0 Å². The zero-order chi connectivity index (χ0) is 15.6. The number of nitriles is 1. The van der Waals surface area contributed by atoms with Gasteiger partial charge in [0.05, 0.1) is 11.3 Å². The van der Waals surface area contributed by atoms with Gasteiger partial charge in [-0.2, -0.15) is 5.26 Å². The number of carbonyl (C=O) groups is 3. The molecule has 1 N–H and O–H groups in total. The van der Waals surface area contributed by atoms with E-state index in [-0.39, 0.29) is 11.3 Å². The van der Waals surface area contributed by atoms with Crippen molar-refractivity contribution < 1.29 is 18.8 Å². The predicted octanol–water partition coefficient (Wildman–Crippen LogP) is 1.70. The zero-order valence-electron chi connectivity index (χ0n) is 11.2. The fourth-order valence-electron chi connectivity index (χ4n) is 2.14. The lowest BCUT2D eigenvalue weighted by atomic mass is 9.98. The van der Waals surface area contributed by atoms with Gasteiger partial charge < -0.3 is 0 Å². The molecule has 1 atom stereocenters. The second-order valence-corrected chi connectivity index (χ2v) is 4.59. The standard InChI is InChI=1S/C14H12FN3O3/c1-2-3-10-12(19)17-14(21)18(13(10)20)9-4-5-11(15)8(6-9)7-16/h4-6,10H,2-3H2,1H3,(H,17,19,21). The number of amides is 4. The first-order chi connectivity index (χ1) is 9.99. The van der Waals surface area contributed by atoms with Crippen LogP contribution in [-0.2, 0) is 9.59 Å². The normalized spacial score (nSPS) is 18.4. The van der Waals surface area contributed by atoms with Crippen LogP contribution >= 0.6 is 0 Å². The van der Waals surface area contributed by atoms with Crippen molar-refractivity contribution in [3.63, 3.8) is 0 Å². The molecule has 21 heavy (non-hydrogen) atoms. The first-order valence-electron chi connectivity index (χ1n) is 6.38. The van der Waals surface area contributed by atoms with E-state index >= 15 is 0 Å². The van der Waals surface area contributed by atoms with Gasteiger partial charge in [0.1, 0.15) is 17.8 Å². The van der Waals surface area contributed by atoms with Crippen LogP contribution in [0.4, 0.5) is 14.9 Å². The molecule has 1 unspecified atom stereocenters. The number of halogens is 1. The van der Waals surface area contributed by atoms with Crippen LogP contribution < -0.4 is 10.2 Å². The van der Waals surface area contributed by atoms with E-state index in [4.69, 9.17) is 5.26 Å². The highest BCUT2D eigenvalue weighted by Gasteiger charge is 2.40. The van der Waals surface area contributed by atoms with Crippen LogP contribution in [0.2, 0.25) is 0 Å². The Hall–Kier alpha value is -2.75. The van der Waals surface area contributed by atoms with Gasteiger partial charge in [-0.3, -0.25) is 14.9 Å². The Morgan fingerprint density at radius 1 is 1.38 bits per heavy atom. The van der Waals surface area contributed by atoms with Crippen molar-refractivity contribution in [2.45, 2.75) is 19.8 Å². The highest BCUT2D eigenvalue weighted by Crippen LogP contribution is 2.24. The van der Waals surface area contributed by atoms with Crippen molar-refractivity contribution in [1.82, 2.24) is 5.32 Å². The number of hydrogen-bond acceptors (Lipinski definition) is 4. The van der Waals surface area contributed by atoms with Gasteiger partial charge in [0.15, 0.2) is 0 Å². The second kappa shape index (κ2) is 5.71. The SMILES string of the molecule is CCCC1C(=O)NC(=O)N(c2ccc(F)c(C#N)c2)C1=O. The number of carbonyl (C=O) groups excluding carboxylic acids is 3. The van der Waals surface area contributed by atoms with Gasteiger partial charge in [-0.15, -0.1) is 0 Å². The van der Waals surface area contributed by atoms with Crippen molar-refractivity contribution in [2.75, 3.05) is 4.90 Å². The van der Waals surface area contributed by atoms with E-state index in [2.05, 4.69) is 5.32 Å². The van der Waals surface area contributed by atoms with Crippen LogP contribution in [0, 0.1) is 23.1 Å². The van der Waals surface area contributed by atoms with Crippen LogP contribution in [0.15, 0.2) is 18.2 Å². The third kappa shape index (κ3) is 2.60. The Labute approximate surface area is 120 Å². The molecule has 2 rings (SSSR count). The molecular weight excluding hydrogens is 277 g/mol. The third-order valence-electron chi connectivity index (χ3n) is 3.17. The van der Waals surface area contributed by atoms with Gasteiger partial charge in [0.2, 0.25) is 11.8 Å². The maximum atomic E-state index is 13.3. The van der Waals surface area contributed by atoms with Crippen LogP contribution in [0.3, 0.4) is 0 Å². The third-order valence-corrected chi connectivity index (χ3v) is 3.17. The second-order valence-electron chi connectivity index (χ2n) is 4.59. The monoisotopic (exact) mass is 289 g/mol. The van der Waals surface area contributed by atoms with E-state index < -0.39 is 29.6 Å². The maximum Gasteiger partial charge on any atom is 0.335 e. The van der Waals surface area contributed by atoms with Gasteiger partial charge in [-0.25, -0.2) is 14.1 Å². The largest absolute Gasteiger partial charge is 0.335 e.